The van der Waals surface area contributed by atoms with Crippen LogP contribution in [0, 0.1) is 6.92 Å². The van der Waals surface area contributed by atoms with Gasteiger partial charge >= 0.3 is 0 Å². The molecule has 19 heavy (non-hydrogen) atoms. The van der Waals surface area contributed by atoms with Gasteiger partial charge in [0.2, 0.25) is 0 Å². The molecule has 0 atom stereocenters. The highest BCUT2D eigenvalue weighted by Gasteiger charge is 2.04. The smallest absolute Gasteiger partial charge is 0.254 e. The van der Waals surface area contributed by atoms with Crippen molar-refractivity contribution in [3.8, 4) is 0 Å². The van der Waals surface area contributed by atoms with E-state index in [1.807, 2.05) is 37.3 Å². The standard InChI is InChI=1S/C13H14N6/c1-9-6-12(19-13(18-9)16-8-17-19)15-7-10-2-4-11(14)5-3-10/h2-6,8,15H,7,14H2,1H3. The summed E-state index contributed by atoms with van der Waals surface area (Å²) in [6.45, 7) is 2.63. The summed E-state index contributed by atoms with van der Waals surface area (Å²) in [6, 6.07) is 9.71. The molecule has 0 aliphatic heterocycles. The molecule has 1 aromatic carbocycles. The van der Waals surface area contributed by atoms with Crippen LogP contribution in [0.5, 0.6) is 0 Å². The Morgan fingerprint density at radius 2 is 2.05 bits per heavy atom. The van der Waals surface area contributed by atoms with E-state index in [0.717, 1.165) is 22.8 Å². The Bertz CT molecular complexity index is 701. The Morgan fingerprint density at radius 3 is 2.84 bits per heavy atom. The SMILES string of the molecule is Cc1cc(NCc2ccc(N)cc2)n2ncnc2n1. The lowest BCUT2D eigenvalue weighted by Gasteiger charge is -2.08. The van der Waals surface area contributed by atoms with Crippen molar-refractivity contribution in [2.75, 3.05) is 11.1 Å². The zero-order valence-electron chi connectivity index (χ0n) is 10.5. The number of nitrogens with two attached hydrogens (primary N) is 1. The fourth-order valence-electron chi connectivity index (χ4n) is 1.88. The molecule has 0 saturated heterocycles. The summed E-state index contributed by atoms with van der Waals surface area (Å²) in [4.78, 5) is 8.39. The van der Waals surface area contributed by atoms with Gasteiger partial charge in [-0.25, -0.2) is 4.98 Å². The zero-order valence-corrected chi connectivity index (χ0v) is 10.5. The van der Waals surface area contributed by atoms with E-state index in [-0.39, 0.29) is 0 Å². The van der Waals surface area contributed by atoms with Crippen molar-refractivity contribution >= 4 is 17.3 Å². The van der Waals surface area contributed by atoms with Crippen LogP contribution in [0.2, 0.25) is 0 Å². The highest BCUT2D eigenvalue weighted by molar-refractivity contribution is 5.46. The molecule has 6 heteroatoms. The topological polar surface area (TPSA) is 81.1 Å². The normalized spacial score (nSPS) is 10.8. The molecule has 0 aliphatic carbocycles. The van der Waals surface area contributed by atoms with Gasteiger partial charge in [-0.05, 0) is 24.6 Å². The minimum Gasteiger partial charge on any atom is -0.399 e. The van der Waals surface area contributed by atoms with Gasteiger partial charge in [0, 0.05) is 24.0 Å². The summed E-state index contributed by atoms with van der Waals surface area (Å²) in [5.41, 5.74) is 8.48. The van der Waals surface area contributed by atoms with Crippen LogP contribution in [-0.4, -0.2) is 19.6 Å². The van der Waals surface area contributed by atoms with E-state index in [4.69, 9.17) is 5.73 Å². The quantitative estimate of drug-likeness (QED) is 0.694. The third kappa shape index (κ3) is 2.33. The van der Waals surface area contributed by atoms with Crippen molar-refractivity contribution in [3.05, 3.63) is 47.9 Å². The Balaban J connectivity index is 1.85. The van der Waals surface area contributed by atoms with E-state index in [2.05, 4.69) is 20.4 Å². The summed E-state index contributed by atoms with van der Waals surface area (Å²) in [5, 5.41) is 7.48. The van der Waals surface area contributed by atoms with Gasteiger partial charge in [-0.1, -0.05) is 12.1 Å². The first-order valence-electron chi connectivity index (χ1n) is 5.98. The number of hydrogen-bond acceptors (Lipinski definition) is 5. The highest BCUT2D eigenvalue weighted by Crippen LogP contribution is 2.12. The fourth-order valence-corrected chi connectivity index (χ4v) is 1.88. The number of hydrogen-bond donors (Lipinski definition) is 2. The van der Waals surface area contributed by atoms with E-state index in [9.17, 15) is 0 Å². The van der Waals surface area contributed by atoms with Crippen molar-refractivity contribution in [2.24, 2.45) is 0 Å². The van der Waals surface area contributed by atoms with Crippen LogP contribution in [0.3, 0.4) is 0 Å². The lowest BCUT2D eigenvalue weighted by atomic mass is 10.2. The average molecular weight is 254 g/mol. The van der Waals surface area contributed by atoms with Gasteiger partial charge in [0.25, 0.3) is 5.78 Å². The Labute approximate surface area is 110 Å². The van der Waals surface area contributed by atoms with Gasteiger partial charge in [0.1, 0.15) is 12.1 Å². The van der Waals surface area contributed by atoms with E-state index in [0.29, 0.717) is 12.3 Å². The molecule has 96 valence electrons. The van der Waals surface area contributed by atoms with E-state index in [1.54, 1.807) is 4.52 Å². The zero-order chi connectivity index (χ0) is 13.2. The fraction of sp³-hybridized carbons (Fsp3) is 0.154. The maximum Gasteiger partial charge on any atom is 0.254 e. The molecule has 0 radical (unpaired) electrons. The van der Waals surface area contributed by atoms with Crippen LogP contribution in [0.1, 0.15) is 11.3 Å². The number of aromatic nitrogens is 4. The highest BCUT2D eigenvalue weighted by atomic mass is 15.3. The largest absolute Gasteiger partial charge is 0.399 e. The Morgan fingerprint density at radius 1 is 1.26 bits per heavy atom. The lowest BCUT2D eigenvalue weighted by molar-refractivity contribution is 0.916. The van der Waals surface area contributed by atoms with Crippen LogP contribution in [-0.2, 0) is 6.54 Å². The number of nitrogens with one attached hydrogen (secondary N) is 1. The number of nitrogens with zero attached hydrogens (tertiary/aromatic N) is 4. The molecule has 2 heterocycles. The number of nitrogen functional groups attached to an aromatic ring is 1. The average Bonchev–Trinajstić information content (AvgIpc) is 2.85. The Hall–Kier alpha value is -2.63. The molecule has 0 fully saturated rings. The van der Waals surface area contributed by atoms with Gasteiger partial charge in [0.15, 0.2) is 0 Å². The molecule has 0 saturated carbocycles. The first kappa shape index (κ1) is 11.5. The minimum absolute atomic E-state index is 0.597. The molecule has 0 unspecified atom stereocenters. The lowest BCUT2D eigenvalue weighted by Crippen LogP contribution is -2.06. The molecule has 0 amide bonds. The van der Waals surface area contributed by atoms with E-state index in [1.165, 1.54) is 6.33 Å². The third-order valence-corrected chi connectivity index (χ3v) is 2.83. The van der Waals surface area contributed by atoms with Crippen LogP contribution in [0.4, 0.5) is 11.5 Å². The molecule has 0 spiro atoms. The molecule has 3 N–H and O–H groups in total. The predicted molar refractivity (Wildman–Crippen MR) is 73.7 cm³/mol. The summed E-state index contributed by atoms with van der Waals surface area (Å²) in [7, 11) is 0. The molecule has 0 aliphatic rings. The second kappa shape index (κ2) is 4.56. The molecular formula is C13H14N6. The molecule has 3 aromatic rings. The van der Waals surface area contributed by atoms with Crippen molar-refractivity contribution < 1.29 is 0 Å². The number of benzene rings is 1. The van der Waals surface area contributed by atoms with Gasteiger partial charge in [-0.3, -0.25) is 0 Å². The number of anilines is 2. The second-order valence-electron chi connectivity index (χ2n) is 4.35. The third-order valence-electron chi connectivity index (χ3n) is 2.83. The second-order valence-corrected chi connectivity index (χ2v) is 4.35. The summed E-state index contributed by atoms with van der Waals surface area (Å²) in [6.07, 6.45) is 1.50. The van der Waals surface area contributed by atoms with Gasteiger partial charge < -0.3 is 11.1 Å². The van der Waals surface area contributed by atoms with E-state index >= 15 is 0 Å². The van der Waals surface area contributed by atoms with Crippen LogP contribution < -0.4 is 11.1 Å². The molecule has 0 bridgehead atoms. The first-order chi connectivity index (χ1) is 9.22. The maximum absolute atomic E-state index is 5.66. The van der Waals surface area contributed by atoms with Crippen LogP contribution >= 0.6 is 0 Å². The van der Waals surface area contributed by atoms with Crippen LogP contribution in [0.15, 0.2) is 36.7 Å². The van der Waals surface area contributed by atoms with Gasteiger partial charge in [0.05, 0.1) is 0 Å². The minimum atomic E-state index is 0.597. The predicted octanol–water partition coefficient (Wildman–Crippen LogP) is 1.63. The first-order valence-corrected chi connectivity index (χ1v) is 5.98. The molecular weight excluding hydrogens is 240 g/mol. The van der Waals surface area contributed by atoms with Crippen molar-refractivity contribution in [3.63, 3.8) is 0 Å². The summed E-state index contributed by atoms with van der Waals surface area (Å²) >= 11 is 0. The monoisotopic (exact) mass is 254 g/mol. The summed E-state index contributed by atoms with van der Waals surface area (Å²) in [5.74, 6) is 1.47. The number of rotatable bonds is 3. The Kier molecular flexibility index (Phi) is 2.75. The van der Waals surface area contributed by atoms with Crippen molar-refractivity contribution in [1.82, 2.24) is 19.6 Å². The maximum atomic E-state index is 5.66. The molecule has 6 nitrogen and oxygen atoms in total. The number of aryl methyl sites for hydroxylation is 1. The molecule has 2 aromatic heterocycles. The summed E-state index contributed by atoms with van der Waals surface area (Å²) < 4.78 is 1.68. The number of fused-ring (bicyclic) bond motifs is 1. The van der Waals surface area contributed by atoms with Gasteiger partial charge in [-0.15, -0.1) is 0 Å². The van der Waals surface area contributed by atoms with Crippen LogP contribution in [0.25, 0.3) is 5.78 Å². The molecule has 3 rings (SSSR count). The van der Waals surface area contributed by atoms with Crippen molar-refractivity contribution in [2.45, 2.75) is 13.5 Å². The van der Waals surface area contributed by atoms with Gasteiger partial charge in [-0.2, -0.15) is 14.6 Å². The van der Waals surface area contributed by atoms with E-state index < -0.39 is 0 Å². The van der Waals surface area contributed by atoms with Crippen molar-refractivity contribution in [1.29, 1.82) is 0 Å².